The molecule has 5 N–H and O–H groups in total. The Labute approximate surface area is 275 Å². The first-order valence-corrected chi connectivity index (χ1v) is 18.9. The molecule has 13 heteroatoms. The molecule has 0 aromatic rings. The molecule has 11 nitrogen and oxygen atoms in total. The van der Waals surface area contributed by atoms with Crippen molar-refractivity contribution < 1.29 is 50.3 Å². The van der Waals surface area contributed by atoms with E-state index in [-0.39, 0.29) is 44.3 Å². The summed E-state index contributed by atoms with van der Waals surface area (Å²) in [6, 6.07) is 0. The monoisotopic (exact) mass is 675 g/mol. The Morgan fingerprint density at radius 3 is 2.67 bits per heavy atom. The lowest BCUT2D eigenvalue weighted by atomic mass is 9.43. The van der Waals surface area contributed by atoms with Crippen LogP contribution in [0.15, 0.2) is 11.1 Å². The third-order valence-corrected chi connectivity index (χ3v) is 14.3. The van der Waals surface area contributed by atoms with Crippen molar-refractivity contribution in [1.82, 2.24) is 0 Å². The number of ether oxygens (including phenoxy) is 4. The van der Waals surface area contributed by atoms with Gasteiger partial charge in [-0.15, -0.1) is 0 Å². The highest BCUT2D eigenvalue weighted by Crippen LogP contribution is 2.70. The number of nitrogens with two attached hydrogens (primary N) is 1. The quantitative estimate of drug-likeness (QED) is 0.0584. The molecule has 3 heterocycles. The number of fused-ring (bicyclic) bond motifs is 5. The van der Waals surface area contributed by atoms with E-state index in [1.165, 1.54) is 18.6 Å². The SMILES string of the molecule is CC(C)[C@]12O[C@H]1C[C@@]1(O)[C@@]3(C)CCC4=C(COC4=O)[C@@H]3CC[C@@]1(O)[C@@H]2OO.NCCOCCOC(=O)CCCCC1CCSS1.[HH]. The average molecular weight is 676 g/mol. The van der Waals surface area contributed by atoms with Crippen LogP contribution in [0.5, 0.6) is 0 Å². The van der Waals surface area contributed by atoms with Crippen LogP contribution in [0, 0.1) is 17.3 Å². The van der Waals surface area contributed by atoms with Crippen molar-refractivity contribution in [3.8, 4) is 0 Å². The van der Waals surface area contributed by atoms with Crippen LogP contribution < -0.4 is 5.73 Å². The minimum absolute atomic E-state index is 0. The third-order valence-electron chi connectivity index (χ3n) is 11.3. The Morgan fingerprint density at radius 1 is 1.18 bits per heavy atom. The molecule has 6 aliphatic rings. The van der Waals surface area contributed by atoms with E-state index in [0.29, 0.717) is 58.5 Å². The Balaban J connectivity index is 0.000000223. The maximum absolute atomic E-state index is 12.0. The van der Waals surface area contributed by atoms with Gasteiger partial charge in [-0.3, -0.25) is 10.1 Å². The molecule has 8 atom stereocenters. The highest BCUT2D eigenvalue weighted by atomic mass is 33.1. The van der Waals surface area contributed by atoms with Gasteiger partial charge in [0.15, 0.2) is 6.10 Å². The number of esters is 2. The molecule has 4 fully saturated rings. The molecule has 3 aliphatic heterocycles. The molecule has 0 aromatic heterocycles. The van der Waals surface area contributed by atoms with Crippen molar-refractivity contribution in [2.45, 2.75) is 119 Å². The average Bonchev–Trinajstić information content (AvgIpc) is 3.30. The number of hydrogen-bond acceptors (Lipinski definition) is 13. The molecule has 258 valence electrons. The Hall–Kier alpha value is -0.900. The molecular weight excluding hydrogens is 622 g/mol. The molecule has 1 unspecified atom stereocenters. The molecule has 0 amide bonds. The summed E-state index contributed by atoms with van der Waals surface area (Å²) in [5, 5.41) is 34.4. The number of hydrogen-bond donors (Lipinski definition) is 4. The van der Waals surface area contributed by atoms with Crippen LogP contribution in [-0.4, -0.2) is 100 Å². The van der Waals surface area contributed by atoms with E-state index >= 15 is 0 Å². The third kappa shape index (κ3) is 6.35. The highest BCUT2D eigenvalue weighted by molar-refractivity contribution is 8.77. The Morgan fingerprint density at radius 2 is 1.98 bits per heavy atom. The van der Waals surface area contributed by atoms with Crippen molar-refractivity contribution in [2.24, 2.45) is 23.0 Å². The van der Waals surface area contributed by atoms with Crippen molar-refractivity contribution in [1.29, 1.82) is 0 Å². The summed E-state index contributed by atoms with van der Waals surface area (Å²) in [5.74, 6) is 0.910. The van der Waals surface area contributed by atoms with Crippen molar-refractivity contribution in [2.75, 3.05) is 38.7 Å². The van der Waals surface area contributed by atoms with Crippen LogP contribution in [-0.2, 0) is 33.4 Å². The standard InChI is InChI=1S/C20H28O7.C12H23NO3S2.H2/c1-10(2)20-14(26-20)8-19(23)17(3)6-4-11-12(9-25-15(11)21)13(17)5-7-18(19,22)16(20)27-24;13-6-7-15-8-9-16-12(14)4-2-1-3-11-5-10-17-18-11;/h10,13-14,16,22-24H,4-9H2,1-3H3;11H,1-10,13H2;1H/t13-,14-,16-,17-,18+,19+,20-;;/m0../s1. The van der Waals surface area contributed by atoms with Gasteiger partial charge in [0, 0.05) is 42.8 Å². The minimum atomic E-state index is -1.62. The number of aliphatic hydroxyl groups is 2. The smallest absolute Gasteiger partial charge is 0.334 e. The zero-order valence-corrected chi connectivity index (χ0v) is 28.4. The second-order valence-corrected chi connectivity index (χ2v) is 16.7. The normalized spacial score (nSPS) is 39.7. The van der Waals surface area contributed by atoms with E-state index in [4.69, 9.17) is 29.6 Å². The summed E-state index contributed by atoms with van der Waals surface area (Å²) in [6.07, 6.45) is 6.12. The van der Waals surface area contributed by atoms with Crippen LogP contribution in [0.3, 0.4) is 0 Å². The van der Waals surface area contributed by atoms with E-state index in [1.807, 2.05) is 42.4 Å². The molecule has 2 saturated carbocycles. The predicted molar refractivity (Wildman–Crippen MR) is 172 cm³/mol. The number of unbranched alkanes of at least 4 members (excludes halogenated alkanes) is 1. The van der Waals surface area contributed by atoms with Gasteiger partial charge in [0.25, 0.3) is 0 Å². The molecule has 0 radical (unpaired) electrons. The minimum Gasteiger partial charge on any atom is -0.463 e. The van der Waals surface area contributed by atoms with Gasteiger partial charge >= 0.3 is 11.9 Å². The Bertz CT molecular complexity index is 1120. The lowest BCUT2D eigenvalue weighted by Crippen LogP contribution is -2.78. The van der Waals surface area contributed by atoms with E-state index in [2.05, 4.69) is 0 Å². The molecule has 0 spiro atoms. The van der Waals surface area contributed by atoms with Crippen LogP contribution in [0.1, 0.15) is 86.4 Å². The van der Waals surface area contributed by atoms with Gasteiger partial charge in [0.2, 0.25) is 0 Å². The van der Waals surface area contributed by atoms with Gasteiger partial charge in [0.05, 0.1) is 19.3 Å². The topological polar surface area (TPSA) is 170 Å². The van der Waals surface area contributed by atoms with Gasteiger partial charge in [-0.2, -0.15) is 0 Å². The number of epoxide rings is 1. The fourth-order valence-electron chi connectivity index (χ4n) is 8.72. The molecule has 3 aliphatic carbocycles. The fraction of sp³-hybridized carbons (Fsp3) is 0.875. The molecular formula is C32H53NO10S2. The largest absolute Gasteiger partial charge is 0.463 e. The number of rotatable bonds is 12. The zero-order chi connectivity index (χ0) is 32.5. The summed E-state index contributed by atoms with van der Waals surface area (Å²) in [4.78, 5) is 28.2. The van der Waals surface area contributed by atoms with Gasteiger partial charge < -0.3 is 34.9 Å². The van der Waals surface area contributed by atoms with Crippen LogP contribution in [0.25, 0.3) is 0 Å². The first-order valence-electron chi connectivity index (χ1n) is 16.5. The molecule has 45 heavy (non-hydrogen) atoms. The van der Waals surface area contributed by atoms with Crippen molar-refractivity contribution in [3.05, 3.63) is 11.1 Å². The van der Waals surface area contributed by atoms with Crippen LogP contribution >= 0.6 is 21.6 Å². The van der Waals surface area contributed by atoms with Crippen LogP contribution in [0.4, 0.5) is 0 Å². The second kappa shape index (κ2) is 14.3. The van der Waals surface area contributed by atoms with Crippen molar-refractivity contribution in [3.63, 3.8) is 0 Å². The summed E-state index contributed by atoms with van der Waals surface area (Å²) >= 11 is 0. The molecule has 2 saturated heterocycles. The molecule has 0 aromatic carbocycles. The van der Waals surface area contributed by atoms with E-state index < -0.39 is 28.3 Å². The number of carbonyl (C=O) groups excluding carboxylic acids is 2. The lowest BCUT2D eigenvalue weighted by molar-refractivity contribution is -0.382. The second-order valence-electron chi connectivity index (χ2n) is 13.9. The first kappa shape index (κ1) is 35.4. The van der Waals surface area contributed by atoms with Gasteiger partial charge in [-0.05, 0) is 62.4 Å². The summed E-state index contributed by atoms with van der Waals surface area (Å²) in [5.41, 5.74) is 2.46. The highest BCUT2D eigenvalue weighted by Gasteiger charge is 2.83. The van der Waals surface area contributed by atoms with Gasteiger partial charge in [-0.25, -0.2) is 9.68 Å². The maximum Gasteiger partial charge on any atom is 0.334 e. The Kier molecular flexibility index (Phi) is 11.2. The summed E-state index contributed by atoms with van der Waals surface area (Å²) in [7, 11) is 3.96. The first-order chi connectivity index (χ1) is 21.5. The lowest BCUT2D eigenvalue weighted by Gasteiger charge is -2.65. The van der Waals surface area contributed by atoms with Gasteiger partial charge in [0.1, 0.15) is 30.0 Å². The van der Waals surface area contributed by atoms with E-state index in [0.717, 1.165) is 29.2 Å². The molecule has 0 bridgehead atoms. The maximum atomic E-state index is 12.0. The zero-order valence-electron chi connectivity index (χ0n) is 26.8. The molecule has 6 rings (SSSR count). The van der Waals surface area contributed by atoms with Crippen molar-refractivity contribution >= 4 is 33.5 Å². The predicted octanol–water partition coefficient (Wildman–Crippen LogP) is 4.03. The number of carbonyl (C=O) groups is 2. The number of cyclic esters (lactones) is 1. The fourth-order valence-corrected chi connectivity index (χ4v) is 11.7. The summed E-state index contributed by atoms with van der Waals surface area (Å²) < 4.78 is 21.4. The van der Waals surface area contributed by atoms with Crippen LogP contribution in [0.2, 0.25) is 0 Å². The summed E-state index contributed by atoms with van der Waals surface area (Å²) in [6.45, 7) is 8.04. The van der Waals surface area contributed by atoms with E-state index in [9.17, 15) is 25.1 Å². The van der Waals surface area contributed by atoms with E-state index in [1.54, 1.807) is 0 Å². The van der Waals surface area contributed by atoms with Gasteiger partial charge in [-0.1, -0.05) is 48.8 Å².